The normalized spacial score (nSPS) is 25.5. The Bertz CT molecular complexity index is 705. The van der Waals surface area contributed by atoms with Crippen molar-refractivity contribution in [3.63, 3.8) is 0 Å². The van der Waals surface area contributed by atoms with E-state index >= 15 is 0 Å². The summed E-state index contributed by atoms with van der Waals surface area (Å²) in [5.74, 6) is -1.11. The van der Waals surface area contributed by atoms with E-state index in [1.807, 2.05) is 6.92 Å². The summed E-state index contributed by atoms with van der Waals surface area (Å²) in [6, 6.07) is 4.28. The van der Waals surface area contributed by atoms with Gasteiger partial charge in [0.2, 0.25) is 11.8 Å². The molecule has 3 rings (SSSR count). The van der Waals surface area contributed by atoms with Crippen LogP contribution >= 0.6 is 12.4 Å². The molecule has 2 fully saturated rings. The average molecular weight is 412 g/mol. The predicted octanol–water partition coefficient (Wildman–Crippen LogP) is 4.61. The van der Waals surface area contributed by atoms with Gasteiger partial charge in [-0.1, -0.05) is 32.1 Å². The van der Waals surface area contributed by atoms with Crippen molar-refractivity contribution in [2.45, 2.75) is 70.3 Å². The maximum absolute atomic E-state index is 14.2. The van der Waals surface area contributed by atoms with Crippen LogP contribution in [0.15, 0.2) is 18.2 Å². The quantitative estimate of drug-likeness (QED) is 0.676. The SMILES string of the molecule is CC1(N)CCCCC1C(=O)Nc1ccc(F)c(NC(=O)C2CCCCC2)c1.Cl. The number of hydrogen-bond donors (Lipinski definition) is 3. The Hall–Kier alpha value is -1.66. The molecule has 0 spiro atoms. The van der Waals surface area contributed by atoms with Gasteiger partial charge >= 0.3 is 0 Å². The fourth-order valence-corrected chi connectivity index (χ4v) is 4.32. The van der Waals surface area contributed by atoms with Crippen molar-refractivity contribution >= 4 is 35.6 Å². The number of carbonyl (C=O) groups is 2. The van der Waals surface area contributed by atoms with E-state index < -0.39 is 11.4 Å². The largest absolute Gasteiger partial charge is 0.326 e. The third kappa shape index (κ3) is 5.45. The maximum atomic E-state index is 14.2. The second-order valence-electron chi connectivity index (χ2n) is 8.31. The van der Waals surface area contributed by atoms with Gasteiger partial charge in [0.25, 0.3) is 0 Å². The van der Waals surface area contributed by atoms with Gasteiger partial charge in [0, 0.05) is 17.1 Å². The van der Waals surface area contributed by atoms with Gasteiger partial charge in [0.05, 0.1) is 11.6 Å². The Morgan fingerprint density at radius 3 is 2.39 bits per heavy atom. The summed E-state index contributed by atoms with van der Waals surface area (Å²) in [5.41, 5.74) is 6.36. The summed E-state index contributed by atoms with van der Waals surface area (Å²) in [6.07, 6.45) is 8.51. The molecule has 4 N–H and O–H groups in total. The van der Waals surface area contributed by atoms with Crippen molar-refractivity contribution in [1.82, 2.24) is 0 Å². The van der Waals surface area contributed by atoms with Crippen LogP contribution in [-0.2, 0) is 9.59 Å². The molecule has 1 aromatic carbocycles. The van der Waals surface area contributed by atoms with Crippen LogP contribution in [0.1, 0.15) is 64.7 Å². The maximum Gasteiger partial charge on any atom is 0.229 e. The number of nitrogens with two attached hydrogens (primary N) is 1. The van der Waals surface area contributed by atoms with Crippen LogP contribution in [0.4, 0.5) is 15.8 Å². The zero-order valence-electron chi connectivity index (χ0n) is 16.4. The van der Waals surface area contributed by atoms with E-state index in [0.717, 1.165) is 57.8 Å². The van der Waals surface area contributed by atoms with Crippen molar-refractivity contribution in [3.05, 3.63) is 24.0 Å². The topological polar surface area (TPSA) is 84.2 Å². The lowest BCUT2D eigenvalue weighted by Crippen LogP contribution is -2.51. The molecule has 7 heteroatoms. The molecule has 5 nitrogen and oxygen atoms in total. The van der Waals surface area contributed by atoms with Crippen LogP contribution in [0.5, 0.6) is 0 Å². The van der Waals surface area contributed by atoms with Crippen LogP contribution < -0.4 is 16.4 Å². The first-order chi connectivity index (χ1) is 12.9. The van der Waals surface area contributed by atoms with Gasteiger partial charge in [-0.2, -0.15) is 0 Å². The molecular weight excluding hydrogens is 381 g/mol. The van der Waals surface area contributed by atoms with Gasteiger partial charge < -0.3 is 16.4 Å². The Morgan fingerprint density at radius 1 is 1.04 bits per heavy atom. The van der Waals surface area contributed by atoms with Gasteiger partial charge in [-0.25, -0.2) is 4.39 Å². The van der Waals surface area contributed by atoms with Gasteiger partial charge in [-0.15, -0.1) is 12.4 Å². The Labute approximate surface area is 172 Å². The minimum absolute atomic E-state index is 0. The summed E-state index contributed by atoms with van der Waals surface area (Å²) in [6.45, 7) is 1.91. The molecule has 2 saturated carbocycles. The molecule has 2 aliphatic rings. The summed E-state index contributed by atoms with van der Waals surface area (Å²) < 4.78 is 14.2. The van der Waals surface area contributed by atoms with Crippen LogP contribution in [0, 0.1) is 17.7 Å². The van der Waals surface area contributed by atoms with Gasteiger partial charge in [-0.3, -0.25) is 9.59 Å². The fourth-order valence-electron chi connectivity index (χ4n) is 4.32. The lowest BCUT2D eigenvalue weighted by Gasteiger charge is -2.37. The predicted molar refractivity (Wildman–Crippen MR) is 112 cm³/mol. The highest BCUT2D eigenvalue weighted by Gasteiger charge is 2.37. The van der Waals surface area contributed by atoms with Gasteiger partial charge in [-0.05, 0) is 50.8 Å². The van der Waals surface area contributed by atoms with Gasteiger partial charge in [0.1, 0.15) is 5.82 Å². The highest BCUT2D eigenvalue weighted by Crippen LogP contribution is 2.33. The molecule has 2 unspecified atom stereocenters. The van der Waals surface area contributed by atoms with Crippen molar-refractivity contribution in [1.29, 1.82) is 0 Å². The van der Waals surface area contributed by atoms with Crippen LogP contribution in [-0.4, -0.2) is 17.4 Å². The number of hydrogen-bond acceptors (Lipinski definition) is 3. The first kappa shape index (κ1) is 22.6. The first-order valence-electron chi connectivity index (χ1n) is 10.1. The number of anilines is 2. The number of halogens is 2. The number of carbonyl (C=O) groups excluding carboxylic acids is 2. The zero-order valence-corrected chi connectivity index (χ0v) is 17.2. The minimum atomic E-state index is -0.527. The molecule has 0 aromatic heterocycles. The summed E-state index contributed by atoms with van der Waals surface area (Å²) in [5, 5.41) is 5.55. The zero-order chi connectivity index (χ0) is 19.4. The second-order valence-corrected chi connectivity index (χ2v) is 8.31. The van der Waals surface area contributed by atoms with Crippen LogP contribution in [0.25, 0.3) is 0 Å². The molecular formula is C21H31ClFN3O2. The molecule has 156 valence electrons. The highest BCUT2D eigenvalue weighted by atomic mass is 35.5. The molecule has 0 radical (unpaired) electrons. The molecule has 0 saturated heterocycles. The molecule has 2 atom stereocenters. The smallest absolute Gasteiger partial charge is 0.229 e. The van der Waals surface area contributed by atoms with E-state index in [-0.39, 0.29) is 41.7 Å². The standard InChI is InChI=1S/C21H30FN3O2.ClH/c1-21(23)12-6-5-9-16(21)20(27)24-15-10-11-17(22)18(13-15)25-19(26)14-7-3-2-4-8-14;/h10-11,13-14,16H,2-9,12,23H2,1H3,(H,24,27)(H,25,26);1H. The molecule has 2 aliphatic carbocycles. The van der Waals surface area contributed by atoms with Crippen molar-refractivity contribution in [2.75, 3.05) is 10.6 Å². The Morgan fingerprint density at radius 2 is 1.71 bits per heavy atom. The van der Waals surface area contributed by atoms with Crippen LogP contribution in [0.2, 0.25) is 0 Å². The number of rotatable bonds is 4. The minimum Gasteiger partial charge on any atom is -0.326 e. The molecule has 0 bridgehead atoms. The molecule has 28 heavy (non-hydrogen) atoms. The third-order valence-electron chi connectivity index (χ3n) is 6.04. The average Bonchev–Trinajstić information content (AvgIpc) is 2.64. The molecule has 1 aromatic rings. The van der Waals surface area contributed by atoms with E-state index in [9.17, 15) is 14.0 Å². The Balaban J connectivity index is 0.00000280. The lowest BCUT2D eigenvalue weighted by molar-refractivity contribution is -0.123. The highest BCUT2D eigenvalue weighted by molar-refractivity contribution is 5.96. The van der Waals surface area contributed by atoms with Crippen molar-refractivity contribution in [2.24, 2.45) is 17.6 Å². The van der Waals surface area contributed by atoms with Crippen molar-refractivity contribution in [3.8, 4) is 0 Å². The number of amides is 2. The van der Waals surface area contributed by atoms with Crippen molar-refractivity contribution < 1.29 is 14.0 Å². The number of nitrogens with one attached hydrogen (secondary N) is 2. The summed E-state index contributed by atoms with van der Waals surface area (Å²) in [7, 11) is 0. The first-order valence-corrected chi connectivity index (χ1v) is 10.1. The van der Waals surface area contributed by atoms with E-state index in [0.29, 0.717) is 5.69 Å². The third-order valence-corrected chi connectivity index (χ3v) is 6.04. The monoisotopic (exact) mass is 411 g/mol. The van der Waals surface area contributed by atoms with E-state index in [1.54, 1.807) is 0 Å². The van der Waals surface area contributed by atoms with Gasteiger partial charge in [0.15, 0.2) is 0 Å². The summed E-state index contributed by atoms with van der Waals surface area (Å²) in [4.78, 5) is 25.1. The molecule has 0 aliphatic heterocycles. The lowest BCUT2D eigenvalue weighted by atomic mass is 9.74. The number of benzene rings is 1. The fraction of sp³-hybridized carbons (Fsp3) is 0.619. The van der Waals surface area contributed by atoms with Crippen LogP contribution in [0.3, 0.4) is 0 Å². The second kappa shape index (κ2) is 9.70. The van der Waals surface area contributed by atoms with E-state index in [4.69, 9.17) is 5.73 Å². The van der Waals surface area contributed by atoms with E-state index in [2.05, 4.69) is 10.6 Å². The Kier molecular flexibility index (Phi) is 7.84. The molecule has 0 heterocycles. The summed E-state index contributed by atoms with van der Waals surface area (Å²) >= 11 is 0. The van der Waals surface area contributed by atoms with E-state index in [1.165, 1.54) is 18.2 Å². The molecule has 2 amide bonds.